The number of nitrogens with zero attached hydrogens (tertiary/aromatic N) is 1. The fourth-order valence-corrected chi connectivity index (χ4v) is 3.67. The first-order valence-electron chi connectivity index (χ1n) is 7.06. The van der Waals surface area contributed by atoms with Crippen LogP contribution in [0.2, 0.25) is 0 Å². The molecule has 1 saturated carbocycles. The van der Waals surface area contributed by atoms with Crippen LogP contribution in [0.1, 0.15) is 37.1 Å². The minimum absolute atomic E-state index is 0.368. The first-order valence-corrected chi connectivity index (χ1v) is 7.94. The van der Waals surface area contributed by atoms with Crippen molar-refractivity contribution >= 4 is 11.3 Å². The summed E-state index contributed by atoms with van der Waals surface area (Å²) < 4.78 is 5.84. The Morgan fingerprint density at radius 2 is 2.28 bits per heavy atom. The first-order chi connectivity index (χ1) is 8.67. The van der Waals surface area contributed by atoms with E-state index in [1.165, 1.54) is 32.4 Å². The van der Waals surface area contributed by atoms with E-state index in [-0.39, 0.29) is 0 Å². The Labute approximate surface area is 114 Å². The van der Waals surface area contributed by atoms with E-state index in [4.69, 9.17) is 4.74 Å². The monoisotopic (exact) mass is 265 g/mol. The summed E-state index contributed by atoms with van der Waals surface area (Å²) in [5.74, 6) is 0. The van der Waals surface area contributed by atoms with E-state index < -0.39 is 0 Å². The van der Waals surface area contributed by atoms with Crippen molar-refractivity contribution in [3.63, 3.8) is 0 Å². The van der Waals surface area contributed by atoms with Crippen LogP contribution < -0.4 is 0 Å². The summed E-state index contributed by atoms with van der Waals surface area (Å²) in [7, 11) is 0. The zero-order valence-corrected chi connectivity index (χ0v) is 12.3. The zero-order chi connectivity index (χ0) is 12.6. The molecule has 1 aliphatic heterocycles. The summed E-state index contributed by atoms with van der Waals surface area (Å²) in [6, 6.07) is 2.30. The van der Waals surface area contributed by atoms with Crippen molar-refractivity contribution in [2.24, 2.45) is 5.41 Å². The second-order valence-electron chi connectivity index (χ2n) is 6.19. The van der Waals surface area contributed by atoms with Crippen molar-refractivity contribution in [2.45, 2.75) is 45.8 Å². The second-order valence-corrected chi connectivity index (χ2v) is 7.19. The summed E-state index contributed by atoms with van der Waals surface area (Å²) in [5, 5.41) is 2.24. The molecule has 3 heteroatoms. The third-order valence-corrected chi connectivity index (χ3v) is 5.15. The van der Waals surface area contributed by atoms with E-state index in [0.717, 1.165) is 13.2 Å². The lowest BCUT2D eigenvalue weighted by molar-refractivity contribution is 0.0294. The van der Waals surface area contributed by atoms with Crippen molar-refractivity contribution < 1.29 is 4.74 Å². The molecule has 0 atom stereocenters. The largest absolute Gasteiger partial charge is 0.378 e. The average Bonchev–Trinajstić information content (AvgIpc) is 2.94. The molecule has 0 radical (unpaired) electrons. The van der Waals surface area contributed by atoms with Gasteiger partial charge in [-0.2, -0.15) is 0 Å². The van der Waals surface area contributed by atoms with Crippen molar-refractivity contribution in [3.8, 4) is 0 Å². The number of rotatable bonds is 5. The zero-order valence-electron chi connectivity index (χ0n) is 11.4. The van der Waals surface area contributed by atoms with Crippen LogP contribution in [0.4, 0.5) is 0 Å². The van der Waals surface area contributed by atoms with Gasteiger partial charge in [-0.3, -0.25) is 4.90 Å². The molecule has 3 rings (SSSR count). The van der Waals surface area contributed by atoms with E-state index in [1.54, 1.807) is 10.4 Å². The van der Waals surface area contributed by atoms with E-state index in [1.807, 2.05) is 11.3 Å². The molecule has 1 aliphatic carbocycles. The standard InChI is InChI=1S/C15H23NOS/c1-12(2)17-11-15(5-6-15)10-16-7-3-14-13(9-16)4-8-18-14/h4,8,12H,3,5-7,9-11H2,1-2H3. The number of hydrogen-bond acceptors (Lipinski definition) is 3. The van der Waals surface area contributed by atoms with Crippen LogP contribution in [0, 0.1) is 5.41 Å². The summed E-state index contributed by atoms with van der Waals surface area (Å²) in [6.07, 6.45) is 4.32. The third kappa shape index (κ3) is 2.79. The van der Waals surface area contributed by atoms with Gasteiger partial charge in [0.25, 0.3) is 0 Å². The fourth-order valence-electron chi connectivity index (χ4n) is 2.78. The number of thiophene rings is 1. The van der Waals surface area contributed by atoms with Gasteiger partial charge in [0, 0.05) is 29.9 Å². The van der Waals surface area contributed by atoms with Crippen molar-refractivity contribution in [2.75, 3.05) is 19.7 Å². The van der Waals surface area contributed by atoms with E-state index in [0.29, 0.717) is 11.5 Å². The molecular formula is C15H23NOS. The predicted molar refractivity (Wildman–Crippen MR) is 76.1 cm³/mol. The van der Waals surface area contributed by atoms with Crippen molar-refractivity contribution in [3.05, 3.63) is 21.9 Å². The maximum atomic E-state index is 5.84. The molecule has 0 unspecified atom stereocenters. The van der Waals surface area contributed by atoms with Crippen LogP contribution >= 0.6 is 11.3 Å². The third-order valence-electron chi connectivity index (χ3n) is 4.13. The van der Waals surface area contributed by atoms with Crippen molar-refractivity contribution in [1.82, 2.24) is 4.90 Å². The molecule has 0 bridgehead atoms. The Hall–Kier alpha value is -0.380. The molecule has 0 spiro atoms. The van der Waals surface area contributed by atoms with Crippen LogP contribution in [-0.2, 0) is 17.7 Å². The normalized spacial score (nSPS) is 22.2. The maximum absolute atomic E-state index is 5.84. The SMILES string of the molecule is CC(C)OCC1(CN2CCc3sccc3C2)CC1. The molecule has 0 saturated heterocycles. The number of hydrogen-bond donors (Lipinski definition) is 0. The predicted octanol–water partition coefficient (Wildman–Crippen LogP) is 3.31. The van der Waals surface area contributed by atoms with E-state index in [9.17, 15) is 0 Å². The van der Waals surface area contributed by atoms with Gasteiger partial charge in [-0.25, -0.2) is 0 Å². The summed E-state index contributed by atoms with van der Waals surface area (Å²) >= 11 is 1.92. The maximum Gasteiger partial charge on any atom is 0.0538 e. The van der Waals surface area contributed by atoms with Gasteiger partial charge in [0.1, 0.15) is 0 Å². The first kappa shape index (κ1) is 12.6. The minimum Gasteiger partial charge on any atom is -0.378 e. The fraction of sp³-hybridized carbons (Fsp3) is 0.733. The molecule has 0 aromatic carbocycles. The Bertz CT molecular complexity index is 408. The Morgan fingerprint density at radius 3 is 3.00 bits per heavy atom. The lowest BCUT2D eigenvalue weighted by Gasteiger charge is -2.31. The lowest BCUT2D eigenvalue weighted by atomic mass is 10.0. The Balaban J connectivity index is 1.55. The van der Waals surface area contributed by atoms with Crippen LogP contribution in [0.5, 0.6) is 0 Å². The minimum atomic E-state index is 0.368. The molecule has 1 fully saturated rings. The van der Waals surface area contributed by atoms with Crippen LogP contribution in [0.25, 0.3) is 0 Å². The van der Waals surface area contributed by atoms with Gasteiger partial charge < -0.3 is 4.74 Å². The Kier molecular flexibility index (Phi) is 3.48. The highest BCUT2D eigenvalue weighted by molar-refractivity contribution is 7.10. The summed E-state index contributed by atoms with van der Waals surface area (Å²) in [4.78, 5) is 4.24. The smallest absolute Gasteiger partial charge is 0.0538 e. The Morgan fingerprint density at radius 1 is 1.44 bits per heavy atom. The van der Waals surface area contributed by atoms with E-state index in [2.05, 4.69) is 30.2 Å². The molecule has 1 aromatic rings. The van der Waals surface area contributed by atoms with Crippen LogP contribution in [0.3, 0.4) is 0 Å². The highest BCUT2D eigenvalue weighted by Crippen LogP contribution is 2.47. The molecule has 2 heterocycles. The topological polar surface area (TPSA) is 12.5 Å². The van der Waals surface area contributed by atoms with Gasteiger partial charge >= 0.3 is 0 Å². The average molecular weight is 265 g/mol. The second kappa shape index (κ2) is 4.95. The van der Waals surface area contributed by atoms with Gasteiger partial charge in [-0.05, 0) is 50.1 Å². The van der Waals surface area contributed by atoms with Crippen LogP contribution in [0.15, 0.2) is 11.4 Å². The molecule has 2 aliphatic rings. The van der Waals surface area contributed by atoms with Gasteiger partial charge in [0.05, 0.1) is 12.7 Å². The summed E-state index contributed by atoms with van der Waals surface area (Å²) in [5.41, 5.74) is 2.05. The van der Waals surface area contributed by atoms with Gasteiger partial charge in [-0.1, -0.05) is 0 Å². The lowest BCUT2D eigenvalue weighted by Crippen LogP contribution is -2.36. The number of fused-ring (bicyclic) bond motifs is 1. The van der Waals surface area contributed by atoms with Gasteiger partial charge in [0.15, 0.2) is 0 Å². The molecular weight excluding hydrogens is 242 g/mol. The molecule has 1 aromatic heterocycles. The highest BCUT2D eigenvalue weighted by Gasteiger charge is 2.44. The summed E-state index contributed by atoms with van der Waals surface area (Å²) in [6.45, 7) is 8.84. The molecule has 2 nitrogen and oxygen atoms in total. The highest BCUT2D eigenvalue weighted by atomic mass is 32.1. The van der Waals surface area contributed by atoms with E-state index >= 15 is 0 Å². The quantitative estimate of drug-likeness (QED) is 0.810. The molecule has 0 amide bonds. The number of ether oxygens (including phenoxy) is 1. The van der Waals surface area contributed by atoms with Gasteiger partial charge in [-0.15, -0.1) is 11.3 Å². The molecule has 100 valence electrons. The molecule has 0 N–H and O–H groups in total. The van der Waals surface area contributed by atoms with Crippen molar-refractivity contribution in [1.29, 1.82) is 0 Å². The van der Waals surface area contributed by atoms with Crippen LogP contribution in [-0.4, -0.2) is 30.7 Å². The van der Waals surface area contributed by atoms with Gasteiger partial charge in [0.2, 0.25) is 0 Å². The molecule has 18 heavy (non-hydrogen) atoms.